The van der Waals surface area contributed by atoms with Crippen LogP contribution in [0.5, 0.6) is 0 Å². The average Bonchev–Trinajstić information content (AvgIpc) is 2.77. The number of carbonyl (C=O) groups excluding carboxylic acids is 3. The number of ketones is 1. The molecule has 178 valence electrons. The molecule has 0 bridgehead atoms. The second-order valence-electron chi connectivity index (χ2n) is 8.06. The third kappa shape index (κ3) is 8.60. The largest absolute Gasteiger partial charge is 0.465 e. The molecule has 0 saturated carbocycles. The summed E-state index contributed by atoms with van der Waals surface area (Å²) in [5.41, 5.74) is 2.18. The van der Waals surface area contributed by atoms with Crippen molar-refractivity contribution < 1.29 is 23.9 Å². The number of rotatable bonds is 15. The van der Waals surface area contributed by atoms with Gasteiger partial charge in [-0.1, -0.05) is 75.4 Å². The van der Waals surface area contributed by atoms with Crippen molar-refractivity contribution in [1.82, 2.24) is 0 Å². The first kappa shape index (κ1) is 27.6. The molecule has 5 nitrogen and oxygen atoms in total. The van der Waals surface area contributed by atoms with Crippen LogP contribution in [-0.4, -0.2) is 30.9 Å². The lowest BCUT2D eigenvalue weighted by atomic mass is 9.79. The van der Waals surface area contributed by atoms with Crippen LogP contribution in [0.1, 0.15) is 88.6 Å². The molecule has 5 heteroatoms. The molecule has 0 radical (unpaired) electrons. The van der Waals surface area contributed by atoms with E-state index in [1.807, 2.05) is 37.3 Å². The molecule has 1 rings (SSSR count). The van der Waals surface area contributed by atoms with E-state index in [0.717, 1.165) is 37.7 Å². The van der Waals surface area contributed by atoms with E-state index >= 15 is 0 Å². The van der Waals surface area contributed by atoms with Crippen molar-refractivity contribution in [2.24, 2.45) is 11.8 Å². The maximum atomic E-state index is 13.6. The number of aryl methyl sites for hydroxylation is 1. The molecule has 0 aliphatic heterocycles. The summed E-state index contributed by atoms with van der Waals surface area (Å²) >= 11 is 0. The van der Waals surface area contributed by atoms with Crippen LogP contribution in [0.3, 0.4) is 0 Å². The Morgan fingerprint density at radius 2 is 1.41 bits per heavy atom. The van der Waals surface area contributed by atoms with Gasteiger partial charge in [0.05, 0.1) is 13.2 Å². The summed E-state index contributed by atoms with van der Waals surface area (Å²) < 4.78 is 10.5. The lowest BCUT2D eigenvalue weighted by Crippen LogP contribution is -2.34. The fraction of sp³-hybridized carbons (Fsp3) is 0.593. The lowest BCUT2D eigenvalue weighted by molar-refractivity contribution is -0.159. The number of Topliss-reactive ketones (excluding diaryl/α,β-unsaturated/α-hetero) is 1. The van der Waals surface area contributed by atoms with E-state index in [0.29, 0.717) is 24.0 Å². The molecule has 0 amide bonds. The summed E-state index contributed by atoms with van der Waals surface area (Å²) in [5, 5.41) is 0. The average molecular weight is 445 g/mol. The summed E-state index contributed by atoms with van der Waals surface area (Å²) in [6.45, 7) is 9.88. The number of esters is 2. The first-order chi connectivity index (χ1) is 15.4. The van der Waals surface area contributed by atoms with Gasteiger partial charge < -0.3 is 9.47 Å². The minimum Gasteiger partial charge on any atom is -0.465 e. The molecule has 1 atom stereocenters. The normalized spacial score (nSPS) is 12.5. The van der Waals surface area contributed by atoms with E-state index in [9.17, 15) is 14.4 Å². The molecule has 1 aromatic rings. The molecule has 0 spiro atoms. The highest BCUT2D eigenvalue weighted by atomic mass is 16.6. The Bertz CT molecular complexity index is 730. The van der Waals surface area contributed by atoms with Gasteiger partial charge in [-0.15, -0.1) is 0 Å². The number of ether oxygens (including phenoxy) is 2. The van der Waals surface area contributed by atoms with E-state index in [4.69, 9.17) is 9.47 Å². The van der Waals surface area contributed by atoms with Crippen LogP contribution in [0.25, 0.3) is 0 Å². The summed E-state index contributed by atoms with van der Waals surface area (Å²) in [5.74, 6) is -3.15. The molecule has 1 aromatic carbocycles. The highest BCUT2D eigenvalue weighted by Crippen LogP contribution is 2.31. The fourth-order valence-corrected chi connectivity index (χ4v) is 3.72. The third-order valence-corrected chi connectivity index (χ3v) is 5.47. The summed E-state index contributed by atoms with van der Waals surface area (Å²) in [7, 11) is 0. The Kier molecular flexibility index (Phi) is 13.3. The van der Waals surface area contributed by atoms with Gasteiger partial charge in [-0.25, -0.2) is 0 Å². The number of benzene rings is 1. The molecule has 0 aliphatic carbocycles. The van der Waals surface area contributed by atoms with Gasteiger partial charge in [0.2, 0.25) is 0 Å². The maximum absolute atomic E-state index is 13.6. The Balaban J connectivity index is 3.49. The number of carbonyl (C=O) groups is 3. The van der Waals surface area contributed by atoms with Gasteiger partial charge in [0, 0.05) is 11.5 Å². The van der Waals surface area contributed by atoms with Crippen molar-refractivity contribution in [3.63, 3.8) is 0 Å². The van der Waals surface area contributed by atoms with Gasteiger partial charge in [0.1, 0.15) is 0 Å². The van der Waals surface area contributed by atoms with Crippen LogP contribution < -0.4 is 0 Å². The standard InChI is InChI=1S/C27H40O5/c1-6-10-12-13-15-22(24(26(29)31-8-3)27(30)32-9-4)23(14-11-7-2)25(28)21-18-16-20(5)17-19-21/h15-19,23-24H,6-14H2,1-5H3/b22-15+. The fourth-order valence-electron chi connectivity index (χ4n) is 3.72. The van der Waals surface area contributed by atoms with Crippen molar-refractivity contribution in [2.45, 2.75) is 79.6 Å². The Labute approximate surface area is 193 Å². The zero-order chi connectivity index (χ0) is 23.9. The van der Waals surface area contributed by atoms with E-state index in [1.165, 1.54) is 0 Å². The Hall–Kier alpha value is -2.43. The van der Waals surface area contributed by atoms with Crippen LogP contribution in [-0.2, 0) is 19.1 Å². The minimum atomic E-state index is -1.22. The highest BCUT2D eigenvalue weighted by Gasteiger charge is 2.39. The third-order valence-electron chi connectivity index (χ3n) is 5.47. The first-order valence-corrected chi connectivity index (χ1v) is 12.0. The minimum absolute atomic E-state index is 0.0706. The lowest BCUT2D eigenvalue weighted by Gasteiger charge is -2.25. The topological polar surface area (TPSA) is 69.7 Å². The molecule has 0 saturated heterocycles. The van der Waals surface area contributed by atoms with Crippen molar-refractivity contribution >= 4 is 17.7 Å². The zero-order valence-electron chi connectivity index (χ0n) is 20.4. The second kappa shape index (κ2) is 15.4. The number of hydrogen-bond acceptors (Lipinski definition) is 5. The van der Waals surface area contributed by atoms with E-state index in [-0.39, 0.29) is 19.0 Å². The van der Waals surface area contributed by atoms with E-state index < -0.39 is 23.8 Å². The summed E-state index contributed by atoms with van der Waals surface area (Å²) in [4.78, 5) is 39.4. The van der Waals surface area contributed by atoms with Crippen molar-refractivity contribution in [3.05, 3.63) is 47.0 Å². The molecule has 0 aliphatic rings. The molecule has 1 unspecified atom stereocenters. The molecule has 0 aromatic heterocycles. The van der Waals surface area contributed by atoms with Crippen LogP contribution >= 0.6 is 0 Å². The van der Waals surface area contributed by atoms with Crippen molar-refractivity contribution in [3.8, 4) is 0 Å². The van der Waals surface area contributed by atoms with Crippen molar-refractivity contribution in [2.75, 3.05) is 13.2 Å². The zero-order valence-corrected chi connectivity index (χ0v) is 20.4. The van der Waals surface area contributed by atoms with Gasteiger partial charge in [-0.2, -0.15) is 0 Å². The SMILES string of the molecule is CCCCC/C=C(\C(CCCC)C(=O)c1ccc(C)cc1)C(C(=O)OCC)C(=O)OCC. The predicted octanol–water partition coefficient (Wildman–Crippen LogP) is 6.23. The van der Waals surface area contributed by atoms with Gasteiger partial charge in [-0.05, 0) is 45.6 Å². The summed E-state index contributed by atoms with van der Waals surface area (Å²) in [6.07, 6.45) is 7.93. The Morgan fingerprint density at radius 1 is 0.844 bits per heavy atom. The Morgan fingerprint density at radius 3 is 1.91 bits per heavy atom. The molecule has 0 N–H and O–H groups in total. The quantitative estimate of drug-likeness (QED) is 0.105. The maximum Gasteiger partial charge on any atom is 0.324 e. The van der Waals surface area contributed by atoms with Crippen LogP contribution in [0.15, 0.2) is 35.9 Å². The van der Waals surface area contributed by atoms with Crippen LogP contribution in [0.4, 0.5) is 0 Å². The monoisotopic (exact) mass is 444 g/mol. The smallest absolute Gasteiger partial charge is 0.324 e. The molecule has 0 fully saturated rings. The van der Waals surface area contributed by atoms with E-state index in [2.05, 4.69) is 13.8 Å². The van der Waals surface area contributed by atoms with Gasteiger partial charge in [-0.3, -0.25) is 14.4 Å². The van der Waals surface area contributed by atoms with Crippen molar-refractivity contribution in [1.29, 1.82) is 0 Å². The number of hydrogen-bond donors (Lipinski definition) is 0. The van der Waals surface area contributed by atoms with Gasteiger partial charge >= 0.3 is 11.9 Å². The first-order valence-electron chi connectivity index (χ1n) is 12.0. The van der Waals surface area contributed by atoms with Gasteiger partial charge in [0.15, 0.2) is 11.7 Å². The molecular formula is C27H40O5. The van der Waals surface area contributed by atoms with E-state index in [1.54, 1.807) is 13.8 Å². The molecule has 32 heavy (non-hydrogen) atoms. The molecule has 0 heterocycles. The predicted molar refractivity (Wildman–Crippen MR) is 128 cm³/mol. The van der Waals surface area contributed by atoms with Gasteiger partial charge in [0.25, 0.3) is 0 Å². The van der Waals surface area contributed by atoms with Crippen LogP contribution in [0.2, 0.25) is 0 Å². The molecular weight excluding hydrogens is 404 g/mol. The highest BCUT2D eigenvalue weighted by molar-refractivity contribution is 6.04. The second-order valence-corrected chi connectivity index (χ2v) is 8.06. The van der Waals surface area contributed by atoms with Crippen LogP contribution in [0, 0.1) is 18.8 Å². The number of allylic oxidation sites excluding steroid dienone is 1. The number of unbranched alkanes of at least 4 members (excludes halogenated alkanes) is 4. The summed E-state index contributed by atoms with van der Waals surface area (Å²) in [6, 6.07) is 7.44.